The first kappa shape index (κ1) is 25.6. The largest absolute Gasteiger partial charge is 0.509 e. The number of nitrogens with zero attached hydrogens (tertiary/aromatic N) is 2. The summed E-state index contributed by atoms with van der Waals surface area (Å²) in [6, 6.07) is 13.3. The van der Waals surface area contributed by atoms with Crippen molar-refractivity contribution < 1.29 is 27.9 Å². The lowest BCUT2D eigenvalue weighted by Crippen LogP contribution is -2.38. The Morgan fingerprint density at radius 1 is 1.11 bits per heavy atom. The summed E-state index contributed by atoms with van der Waals surface area (Å²) in [4.78, 5) is 27.3. The van der Waals surface area contributed by atoms with Crippen molar-refractivity contribution in [3.63, 3.8) is 0 Å². The van der Waals surface area contributed by atoms with E-state index < -0.39 is 27.4 Å². The summed E-state index contributed by atoms with van der Waals surface area (Å²) >= 11 is 0. The predicted octanol–water partition coefficient (Wildman–Crippen LogP) is 4.05. The van der Waals surface area contributed by atoms with E-state index in [1.165, 1.54) is 12.1 Å². The Kier molecular flexibility index (Phi) is 6.55. The van der Waals surface area contributed by atoms with E-state index in [0.717, 1.165) is 5.56 Å². The first-order valence-electron chi connectivity index (χ1n) is 11.8. The fourth-order valence-corrected chi connectivity index (χ4v) is 5.71. The Labute approximate surface area is 211 Å². The lowest BCUT2D eigenvalue weighted by molar-refractivity contribution is -0.128. The van der Waals surface area contributed by atoms with Gasteiger partial charge in [-0.25, -0.2) is 0 Å². The van der Waals surface area contributed by atoms with Gasteiger partial charge in [-0.2, -0.15) is 12.8 Å². The van der Waals surface area contributed by atoms with Crippen LogP contribution in [0.2, 0.25) is 0 Å². The maximum absolute atomic E-state index is 13.6. The number of benzene rings is 2. The van der Waals surface area contributed by atoms with Crippen molar-refractivity contribution in [2.24, 2.45) is 15.7 Å². The molecule has 0 spiro atoms. The molecule has 2 aromatic carbocycles. The Balaban J connectivity index is 1.74. The van der Waals surface area contributed by atoms with E-state index >= 15 is 0 Å². The van der Waals surface area contributed by atoms with Crippen LogP contribution in [-0.4, -0.2) is 48.5 Å². The normalized spacial score (nSPS) is 19.1. The second-order valence-corrected chi connectivity index (χ2v) is 11.9. The third kappa shape index (κ3) is 4.55. The standard InChI is InChI=1S/C27H30N2O6S/c1-16(2)23-24(31)21(26(32)29(23)14-17-10-7-6-8-11-17)22-18-12-9-13-19(25(18)36(33,34)28-22)35-15-20(30)27(3,4)5/h6-13,16,23,31H,14-15H2,1-5H3/t23-/m0/s1. The van der Waals surface area contributed by atoms with Gasteiger partial charge in [0.25, 0.3) is 15.9 Å². The number of rotatable bonds is 7. The van der Waals surface area contributed by atoms with Gasteiger partial charge in [0.1, 0.15) is 34.3 Å². The molecule has 1 amide bonds. The number of hydrogen-bond acceptors (Lipinski definition) is 6. The summed E-state index contributed by atoms with van der Waals surface area (Å²) in [5.74, 6) is -1.05. The van der Waals surface area contributed by atoms with E-state index in [4.69, 9.17) is 4.74 Å². The van der Waals surface area contributed by atoms with Crippen LogP contribution in [-0.2, 0) is 26.2 Å². The van der Waals surface area contributed by atoms with E-state index in [1.54, 1.807) is 31.7 Å². The van der Waals surface area contributed by atoms with Gasteiger partial charge in [0.15, 0.2) is 5.78 Å². The molecule has 2 heterocycles. The van der Waals surface area contributed by atoms with Gasteiger partial charge < -0.3 is 14.7 Å². The molecule has 0 aromatic heterocycles. The van der Waals surface area contributed by atoms with Gasteiger partial charge in [-0.15, -0.1) is 0 Å². The van der Waals surface area contributed by atoms with Gasteiger partial charge in [-0.05, 0) is 17.5 Å². The van der Waals surface area contributed by atoms with Crippen LogP contribution in [0.25, 0.3) is 0 Å². The van der Waals surface area contributed by atoms with Crippen LogP contribution in [0.3, 0.4) is 0 Å². The smallest absolute Gasteiger partial charge is 0.287 e. The molecule has 0 radical (unpaired) electrons. The molecule has 0 bridgehead atoms. The minimum Gasteiger partial charge on any atom is -0.509 e. The molecule has 0 fully saturated rings. The molecule has 2 aromatic rings. The number of ether oxygens (including phenoxy) is 1. The number of fused-ring (bicyclic) bond motifs is 1. The highest BCUT2D eigenvalue weighted by atomic mass is 32.2. The van der Waals surface area contributed by atoms with Crippen molar-refractivity contribution in [3.05, 3.63) is 71.0 Å². The number of aliphatic hydroxyl groups is 1. The molecule has 0 aliphatic carbocycles. The lowest BCUT2D eigenvalue weighted by atomic mass is 9.91. The van der Waals surface area contributed by atoms with Crippen LogP contribution in [0, 0.1) is 11.3 Å². The van der Waals surface area contributed by atoms with Crippen LogP contribution >= 0.6 is 0 Å². The first-order valence-corrected chi connectivity index (χ1v) is 13.2. The molecule has 4 rings (SSSR count). The van der Waals surface area contributed by atoms with Crippen LogP contribution in [0.15, 0.2) is 69.2 Å². The summed E-state index contributed by atoms with van der Waals surface area (Å²) < 4.78 is 35.7. The van der Waals surface area contributed by atoms with Crippen LogP contribution in [0.1, 0.15) is 45.7 Å². The number of aliphatic hydroxyl groups excluding tert-OH is 1. The summed E-state index contributed by atoms with van der Waals surface area (Å²) in [6.45, 7) is 8.96. The zero-order chi connectivity index (χ0) is 26.4. The van der Waals surface area contributed by atoms with Gasteiger partial charge in [-0.1, -0.05) is 77.1 Å². The first-order chi connectivity index (χ1) is 16.8. The highest BCUT2D eigenvalue weighted by Crippen LogP contribution is 2.40. The zero-order valence-electron chi connectivity index (χ0n) is 21.0. The number of ketones is 1. The van der Waals surface area contributed by atoms with Crippen molar-refractivity contribution in [1.82, 2.24) is 4.90 Å². The van der Waals surface area contributed by atoms with Gasteiger partial charge in [0.2, 0.25) is 0 Å². The fourth-order valence-electron chi connectivity index (χ4n) is 4.36. The monoisotopic (exact) mass is 510 g/mol. The van der Waals surface area contributed by atoms with Crippen LogP contribution < -0.4 is 4.74 Å². The minimum absolute atomic E-state index is 0.0177. The number of carbonyl (C=O) groups excluding carboxylic acids is 2. The minimum atomic E-state index is -4.23. The van der Waals surface area contributed by atoms with E-state index in [0.29, 0.717) is 0 Å². The molecule has 9 heteroatoms. The SMILES string of the molecule is CC(C)[C@H]1C(O)=C(C2=NS(=O)(=O)c3c(OCC(=O)C(C)(C)C)cccc32)C(=O)N1Cc1ccccc1. The molecule has 1 atom stereocenters. The Morgan fingerprint density at radius 3 is 2.39 bits per heavy atom. The summed E-state index contributed by atoms with van der Waals surface area (Å²) in [7, 11) is -4.23. The maximum Gasteiger partial charge on any atom is 0.287 e. The maximum atomic E-state index is 13.6. The summed E-state index contributed by atoms with van der Waals surface area (Å²) in [5, 5.41) is 11.2. The van der Waals surface area contributed by atoms with E-state index in [9.17, 15) is 23.1 Å². The topological polar surface area (TPSA) is 113 Å². The molecule has 0 saturated carbocycles. The number of sulfonamides is 1. The Hall–Kier alpha value is -3.46. The van der Waals surface area contributed by atoms with Crippen molar-refractivity contribution in [2.45, 2.75) is 52.1 Å². The number of Topliss-reactive ketones (excluding diaryl/α,β-unsaturated/α-hetero) is 1. The summed E-state index contributed by atoms with van der Waals surface area (Å²) in [6.07, 6.45) is 0. The average molecular weight is 511 g/mol. The van der Waals surface area contributed by atoms with Gasteiger partial charge in [-0.3, -0.25) is 9.59 Å². The predicted molar refractivity (Wildman–Crippen MR) is 135 cm³/mol. The fraction of sp³-hybridized carbons (Fsp3) is 0.370. The highest BCUT2D eigenvalue weighted by molar-refractivity contribution is 7.91. The average Bonchev–Trinajstić information content (AvgIpc) is 3.21. The third-order valence-corrected chi connectivity index (χ3v) is 7.67. The molecule has 0 saturated heterocycles. The molecular formula is C27H30N2O6S. The van der Waals surface area contributed by atoms with Crippen molar-refractivity contribution in [2.75, 3.05) is 6.61 Å². The molecule has 0 unspecified atom stereocenters. The number of amides is 1. The van der Waals surface area contributed by atoms with E-state index in [-0.39, 0.29) is 58.1 Å². The highest BCUT2D eigenvalue weighted by Gasteiger charge is 2.46. The van der Waals surface area contributed by atoms with Crippen LogP contribution in [0.4, 0.5) is 0 Å². The van der Waals surface area contributed by atoms with Crippen molar-refractivity contribution in [1.29, 1.82) is 0 Å². The molecule has 190 valence electrons. The quantitative estimate of drug-likeness (QED) is 0.601. The molecule has 1 N–H and O–H groups in total. The lowest BCUT2D eigenvalue weighted by Gasteiger charge is -2.28. The molecule has 8 nitrogen and oxygen atoms in total. The van der Waals surface area contributed by atoms with E-state index in [2.05, 4.69) is 4.40 Å². The van der Waals surface area contributed by atoms with Gasteiger partial charge >= 0.3 is 0 Å². The van der Waals surface area contributed by atoms with Crippen molar-refractivity contribution >= 4 is 27.4 Å². The molecule has 2 aliphatic rings. The molecule has 2 aliphatic heterocycles. The second kappa shape index (κ2) is 9.20. The van der Waals surface area contributed by atoms with Crippen molar-refractivity contribution in [3.8, 4) is 5.75 Å². The Morgan fingerprint density at radius 2 is 1.78 bits per heavy atom. The third-order valence-electron chi connectivity index (χ3n) is 6.31. The number of carbonyl (C=O) groups is 2. The van der Waals surface area contributed by atoms with Gasteiger partial charge in [0.05, 0.1) is 6.04 Å². The summed E-state index contributed by atoms with van der Waals surface area (Å²) in [5.41, 5.74) is 0.149. The number of hydrogen-bond donors (Lipinski definition) is 1. The Bertz CT molecular complexity index is 1390. The molecule has 36 heavy (non-hydrogen) atoms. The van der Waals surface area contributed by atoms with Gasteiger partial charge in [0, 0.05) is 17.5 Å². The van der Waals surface area contributed by atoms with Crippen LogP contribution in [0.5, 0.6) is 5.75 Å². The van der Waals surface area contributed by atoms with E-state index in [1.807, 2.05) is 44.2 Å². The zero-order valence-corrected chi connectivity index (χ0v) is 21.8. The molecular weight excluding hydrogens is 480 g/mol. The second-order valence-electron chi connectivity index (χ2n) is 10.4.